The second-order valence-corrected chi connectivity index (χ2v) is 7.27. The largest absolute Gasteiger partial charge is 0.312 e. The van der Waals surface area contributed by atoms with Gasteiger partial charge >= 0.3 is 0 Å². The molecule has 1 N–H and O–H groups in total. The van der Waals surface area contributed by atoms with Gasteiger partial charge in [-0.3, -0.25) is 0 Å². The van der Waals surface area contributed by atoms with Gasteiger partial charge in [0.15, 0.2) is 0 Å². The highest BCUT2D eigenvalue weighted by molar-refractivity contribution is 7.09. The van der Waals surface area contributed by atoms with Crippen molar-refractivity contribution in [1.29, 1.82) is 0 Å². The zero-order valence-electron chi connectivity index (χ0n) is 12.1. The van der Waals surface area contributed by atoms with E-state index >= 15 is 0 Å². The standard InChI is InChI=1S/C14H26N2S/c1-7-14(6,10-15-13(3,4)5)8-12-16-11(2)9-17-12/h9,15H,7-8,10H2,1-6H3. The van der Waals surface area contributed by atoms with E-state index < -0.39 is 0 Å². The molecular formula is C14H26N2S. The maximum absolute atomic E-state index is 4.58. The number of rotatable bonds is 5. The molecule has 98 valence electrons. The van der Waals surface area contributed by atoms with Crippen LogP contribution in [0.2, 0.25) is 0 Å². The second kappa shape index (κ2) is 5.49. The fourth-order valence-electron chi connectivity index (χ4n) is 1.64. The third-order valence-electron chi connectivity index (χ3n) is 3.14. The molecule has 17 heavy (non-hydrogen) atoms. The average molecular weight is 254 g/mol. The Hall–Kier alpha value is -0.410. The summed E-state index contributed by atoms with van der Waals surface area (Å²) in [6.45, 7) is 14.4. The van der Waals surface area contributed by atoms with Crippen molar-refractivity contribution in [2.24, 2.45) is 5.41 Å². The Bertz CT molecular complexity index is 351. The van der Waals surface area contributed by atoms with Gasteiger partial charge in [0.25, 0.3) is 0 Å². The molecule has 0 saturated heterocycles. The Morgan fingerprint density at radius 1 is 1.29 bits per heavy atom. The number of nitrogens with one attached hydrogen (secondary N) is 1. The molecule has 0 aromatic carbocycles. The number of nitrogens with zero attached hydrogens (tertiary/aromatic N) is 1. The molecule has 3 heteroatoms. The molecule has 0 radical (unpaired) electrons. The first kappa shape index (κ1) is 14.7. The summed E-state index contributed by atoms with van der Waals surface area (Å²) in [5.74, 6) is 0. The molecule has 0 aliphatic heterocycles. The van der Waals surface area contributed by atoms with Crippen LogP contribution in [-0.4, -0.2) is 17.1 Å². The summed E-state index contributed by atoms with van der Waals surface area (Å²) in [4.78, 5) is 4.58. The number of hydrogen-bond acceptors (Lipinski definition) is 3. The Morgan fingerprint density at radius 2 is 1.94 bits per heavy atom. The van der Waals surface area contributed by atoms with Crippen molar-refractivity contribution in [1.82, 2.24) is 10.3 Å². The van der Waals surface area contributed by atoms with E-state index in [-0.39, 0.29) is 5.54 Å². The molecule has 1 atom stereocenters. The van der Waals surface area contributed by atoms with Gasteiger partial charge in [0.2, 0.25) is 0 Å². The van der Waals surface area contributed by atoms with E-state index in [1.54, 1.807) is 11.3 Å². The van der Waals surface area contributed by atoms with Crippen LogP contribution in [0.25, 0.3) is 0 Å². The number of aromatic nitrogens is 1. The minimum atomic E-state index is 0.190. The lowest BCUT2D eigenvalue weighted by molar-refractivity contribution is 0.254. The van der Waals surface area contributed by atoms with Crippen LogP contribution in [0.3, 0.4) is 0 Å². The minimum absolute atomic E-state index is 0.190. The van der Waals surface area contributed by atoms with Crippen molar-refractivity contribution in [3.63, 3.8) is 0 Å². The summed E-state index contributed by atoms with van der Waals surface area (Å²) >= 11 is 1.79. The molecule has 0 aliphatic carbocycles. The summed E-state index contributed by atoms with van der Waals surface area (Å²) in [6.07, 6.45) is 2.25. The molecule has 1 heterocycles. The number of aryl methyl sites for hydroxylation is 1. The highest BCUT2D eigenvalue weighted by Gasteiger charge is 2.25. The fraction of sp³-hybridized carbons (Fsp3) is 0.786. The number of hydrogen-bond donors (Lipinski definition) is 1. The lowest BCUT2D eigenvalue weighted by Gasteiger charge is -2.32. The van der Waals surface area contributed by atoms with Crippen LogP contribution < -0.4 is 5.32 Å². The molecule has 1 unspecified atom stereocenters. The fourth-order valence-corrected chi connectivity index (χ4v) is 2.63. The van der Waals surface area contributed by atoms with Gasteiger partial charge in [0.1, 0.15) is 0 Å². The quantitative estimate of drug-likeness (QED) is 0.864. The van der Waals surface area contributed by atoms with E-state index in [4.69, 9.17) is 0 Å². The van der Waals surface area contributed by atoms with Crippen LogP contribution in [0.5, 0.6) is 0 Å². The first-order valence-corrected chi connectivity index (χ1v) is 7.28. The van der Waals surface area contributed by atoms with Gasteiger partial charge in [-0.25, -0.2) is 4.98 Å². The molecule has 2 nitrogen and oxygen atoms in total. The monoisotopic (exact) mass is 254 g/mol. The summed E-state index contributed by atoms with van der Waals surface area (Å²) in [5, 5.41) is 7.03. The Balaban J connectivity index is 2.62. The van der Waals surface area contributed by atoms with Crippen molar-refractivity contribution in [2.45, 2.75) is 59.9 Å². The van der Waals surface area contributed by atoms with Crippen molar-refractivity contribution >= 4 is 11.3 Å². The summed E-state index contributed by atoms with van der Waals surface area (Å²) in [5.41, 5.74) is 1.64. The van der Waals surface area contributed by atoms with Crippen LogP contribution in [0.1, 0.15) is 51.7 Å². The Labute approximate surface area is 110 Å². The van der Waals surface area contributed by atoms with Crippen molar-refractivity contribution < 1.29 is 0 Å². The first-order chi connectivity index (χ1) is 7.74. The highest BCUT2D eigenvalue weighted by Crippen LogP contribution is 2.27. The smallest absolute Gasteiger partial charge is 0.0934 e. The zero-order chi connectivity index (χ0) is 13.1. The van der Waals surface area contributed by atoms with E-state index in [1.165, 1.54) is 11.4 Å². The molecular weight excluding hydrogens is 228 g/mol. The first-order valence-electron chi connectivity index (χ1n) is 6.40. The van der Waals surface area contributed by atoms with Crippen LogP contribution >= 0.6 is 11.3 Å². The third kappa shape index (κ3) is 5.17. The molecule has 1 aromatic heterocycles. The maximum atomic E-state index is 4.58. The van der Waals surface area contributed by atoms with Crippen LogP contribution in [0.4, 0.5) is 0 Å². The second-order valence-electron chi connectivity index (χ2n) is 6.33. The van der Waals surface area contributed by atoms with Gasteiger partial charge in [-0.15, -0.1) is 11.3 Å². The molecule has 0 bridgehead atoms. The summed E-state index contributed by atoms with van der Waals surface area (Å²) in [6, 6.07) is 0. The molecule has 0 spiro atoms. The number of thiazole rings is 1. The molecule has 1 rings (SSSR count). The van der Waals surface area contributed by atoms with Gasteiger partial charge in [-0.2, -0.15) is 0 Å². The zero-order valence-corrected chi connectivity index (χ0v) is 12.9. The van der Waals surface area contributed by atoms with Crippen LogP contribution in [0, 0.1) is 12.3 Å². The molecule has 0 amide bonds. The predicted molar refractivity (Wildman–Crippen MR) is 76.7 cm³/mol. The Kier molecular flexibility index (Phi) is 4.73. The van der Waals surface area contributed by atoms with E-state index in [9.17, 15) is 0 Å². The van der Waals surface area contributed by atoms with E-state index in [2.05, 4.69) is 57.2 Å². The molecule has 1 aromatic rings. The normalized spacial score (nSPS) is 15.9. The van der Waals surface area contributed by atoms with Gasteiger partial charge < -0.3 is 5.32 Å². The average Bonchev–Trinajstić information content (AvgIpc) is 2.60. The SMILES string of the molecule is CCC(C)(CNC(C)(C)C)Cc1nc(C)cs1. The van der Waals surface area contributed by atoms with Gasteiger partial charge in [-0.05, 0) is 39.5 Å². The van der Waals surface area contributed by atoms with Gasteiger partial charge in [0, 0.05) is 29.6 Å². The molecule has 0 saturated carbocycles. The highest BCUT2D eigenvalue weighted by atomic mass is 32.1. The minimum Gasteiger partial charge on any atom is -0.312 e. The van der Waals surface area contributed by atoms with Crippen molar-refractivity contribution in [3.05, 3.63) is 16.1 Å². The lowest BCUT2D eigenvalue weighted by Crippen LogP contribution is -2.43. The molecule has 0 fully saturated rings. The van der Waals surface area contributed by atoms with E-state index in [0.717, 1.165) is 18.7 Å². The lowest BCUT2D eigenvalue weighted by atomic mass is 9.83. The topological polar surface area (TPSA) is 24.9 Å². The van der Waals surface area contributed by atoms with Crippen molar-refractivity contribution in [3.8, 4) is 0 Å². The predicted octanol–water partition coefficient (Wildman–Crippen LogP) is 3.80. The van der Waals surface area contributed by atoms with E-state index in [1.807, 2.05) is 0 Å². The summed E-state index contributed by atoms with van der Waals surface area (Å²) in [7, 11) is 0. The maximum Gasteiger partial charge on any atom is 0.0934 e. The third-order valence-corrected chi connectivity index (χ3v) is 4.11. The molecule has 0 aliphatic rings. The summed E-state index contributed by atoms with van der Waals surface area (Å²) < 4.78 is 0. The van der Waals surface area contributed by atoms with E-state index in [0.29, 0.717) is 5.41 Å². The van der Waals surface area contributed by atoms with Crippen LogP contribution in [-0.2, 0) is 6.42 Å². The van der Waals surface area contributed by atoms with Crippen LogP contribution in [0.15, 0.2) is 5.38 Å². The van der Waals surface area contributed by atoms with Gasteiger partial charge in [-0.1, -0.05) is 13.8 Å². The Morgan fingerprint density at radius 3 is 2.35 bits per heavy atom. The van der Waals surface area contributed by atoms with Crippen molar-refractivity contribution in [2.75, 3.05) is 6.54 Å². The van der Waals surface area contributed by atoms with Gasteiger partial charge in [0.05, 0.1) is 5.01 Å².